The third-order valence-electron chi connectivity index (χ3n) is 2.99. The van der Waals surface area contributed by atoms with Crippen LogP contribution in [-0.2, 0) is 11.0 Å². The third kappa shape index (κ3) is 3.23. The van der Waals surface area contributed by atoms with Crippen LogP contribution < -0.4 is 5.32 Å². The summed E-state index contributed by atoms with van der Waals surface area (Å²) in [6.45, 7) is 2.32. The van der Waals surface area contributed by atoms with E-state index in [4.69, 9.17) is 0 Å². The smallest absolute Gasteiger partial charge is 0.359 e. The highest BCUT2D eigenvalue weighted by atomic mass is 19.4. The molecule has 0 aliphatic carbocycles. The maximum Gasteiger partial charge on any atom is 0.435 e. The maximum absolute atomic E-state index is 12.6. The first kappa shape index (κ1) is 15.1. The zero-order valence-corrected chi connectivity index (χ0v) is 11.5. The molecule has 2 heterocycles. The van der Waals surface area contributed by atoms with E-state index in [1.165, 1.54) is 17.3 Å². The van der Waals surface area contributed by atoms with Crippen molar-refractivity contribution in [2.75, 3.05) is 25.5 Å². The van der Waals surface area contributed by atoms with Crippen molar-refractivity contribution in [1.29, 1.82) is 0 Å². The molecule has 0 spiro atoms. The standard InChI is InChI=1S/C12H14F3N5O/c1-3-19(2)10(21)7-17-11-8-6-9(12(13,14)15)18-20(8)5-4-16-11/h4-6H,3,7H2,1-2H3,(H,16,17). The SMILES string of the molecule is CCN(C)C(=O)CNc1nccn2nc(C(F)(F)F)cc12. The highest BCUT2D eigenvalue weighted by molar-refractivity contribution is 5.82. The van der Waals surface area contributed by atoms with E-state index in [0.29, 0.717) is 6.54 Å². The zero-order chi connectivity index (χ0) is 15.6. The van der Waals surface area contributed by atoms with Gasteiger partial charge < -0.3 is 10.2 Å². The molecule has 1 amide bonds. The molecule has 0 fully saturated rings. The van der Waals surface area contributed by atoms with Crippen LogP contribution in [0.1, 0.15) is 12.6 Å². The summed E-state index contributed by atoms with van der Waals surface area (Å²) in [5.41, 5.74) is -0.840. The van der Waals surface area contributed by atoms with Gasteiger partial charge in [-0.2, -0.15) is 18.3 Å². The molecule has 0 aliphatic rings. The normalized spacial score (nSPS) is 11.7. The number of rotatable bonds is 4. The van der Waals surface area contributed by atoms with Gasteiger partial charge in [0.1, 0.15) is 5.52 Å². The molecule has 0 unspecified atom stereocenters. The lowest BCUT2D eigenvalue weighted by atomic mass is 10.3. The lowest BCUT2D eigenvalue weighted by molar-refractivity contribution is -0.141. The highest BCUT2D eigenvalue weighted by Gasteiger charge is 2.34. The number of carbonyl (C=O) groups is 1. The lowest BCUT2D eigenvalue weighted by Gasteiger charge is -2.15. The summed E-state index contributed by atoms with van der Waals surface area (Å²) >= 11 is 0. The zero-order valence-electron chi connectivity index (χ0n) is 11.5. The topological polar surface area (TPSA) is 62.5 Å². The monoisotopic (exact) mass is 301 g/mol. The van der Waals surface area contributed by atoms with E-state index in [1.807, 2.05) is 6.92 Å². The summed E-state index contributed by atoms with van der Waals surface area (Å²) in [6.07, 6.45) is -1.90. The summed E-state index contributed by atoms with van der Waals surface area (Å²) < 4.78 is 39.0. The Morgan fingerprint density at radius 1 is 1.48 bits per heavy atom. The first-order chi connectivity index (χ1) is 9.82. The molecule has 0 aliphatic heterocycles. The summed E-state index contributed by atoms with van der Waals surface area (Å²) in [5.74, 6) is -0.00443. The predicted molar refractivity (Wildman–Crippen MR) is 69.8 cm³/mol. The number of nitrogens with zero attached hydrogens (tertiary/aromatic N) is 4. The number of amides is 1. The lowest BCUT2D eigenvalue weighted by Crippen LogP contribution is -2.32. The molecular formula is C12H14F3N5O. The number of carbonyl (C=O) groups excluding carboxylic acids is 1. The molecule has 0 radical (unpaired) electrons. The van der Waals surface area contributed by atoms with Crippen LogP contribution in [0.3, 0.4) is 0 Å². The molecule has 2 rings (SSSR count). The average Bonchev–Trinajstić information content (AvgIpc) is 2.88. The Labute approximate surface area is 118 Å². The van der Waals surface area contributed by atoms with Crippen molar-refractivity contribution in [2.24, 2.45) is 0 Å². The number of nitrogens with one attached hydrogen (secondary N) is 1. The minimum Gasteiger partial charge on any atom is -0.359 e. The number of hydrogen-bond donors (Lipinski definition) is 1. The van der Waals surface area contributed by atoms with Gasteiger partial charge in [0.2, 0.25) is 5.91 Å². The molecule has 0 saturated heterocycles. The van der Waals surface area contributed by atoms with Gasteiger partial charge in [-0.15, -0.1) is 0 Å². The van der Waals surface area contributed by atoms with Crippen LogP contribution in [-0.4, -0.2) is 45.5 Å². The van der Waals surface area contributed by atoms with E-state index in [1.54, 1.807) is 7.05 Å². The van der Waals surface area contributed by atoms with Crippen molar-refractivity contribution < 1.29 is 18.0 Å². The van der Waals surface area contributed by atoms with Crippen molar-refractivity contribution in [1.82, 2.24) is 19.5 Å². The van der Waals surface area contributed by atoms with Gasteiger partial charge in [0.25, 0.3) is 0 Å². The maximum atomic E-state index is 12.6. The second kappa shape index (κ2) is 5.58. The van der Waals surface area contributed by atoms with Gasteiger partial charge in [0.15, 0.2) is 11.5 Å². The molecule has 0 bridgehead atoms. The number of hydrogen-bond acceptors (Lipinski definition) is 4. The van der Waals surface area contributed by atoms with E-state index >= 15 is 0 Å². The van der Waals surface area contributed by atoms with Crippen molar-refractivity contribution >= 4 is 17.2 Å². The molecule has 0 saturated carbocycles. The molecule has 21 heavy (non-hydrogen) atoms. The van der Waals surface area contributed by atoms with E-state index < -0.39 is 11.9 Å². The molecule has 9 heteroatoms. The molecule has 6 nitrogen and oxygen atoms in total. The minimum atomic E-state index is -4.53. The quantitative estimate of drug-likeness (QED) is 0.932. The second-order valence-corrected chi connectivity index (χ2v) is 4.39. The van der Waals surface area contributed by atoms with Crippen molar-refractivity contribution in [3.63, 3.8) is 0 Å². The second-order valence-electron chi connectivity index (χ2n) is 4.39. The molecular weight excluding hydrogens is 287 g/mol. The number of alkyl halides is 3. The highest BCUT2D eigenvalue weighted by Crippen LogP contribution is 2.29. The van der Waals surface area contributed by atoms with E-state index in [-0.39, 0.29) is 23.8 Å². The fraction of sp³-hybridized carbons (Fsp3) is 0.417. The van der Waals surface area contributed by atoms with Gasteiger partial charge in [-0.05, 0) is 6.92 Å². The van der Waals surface area contributed by atoms with Crippen LogP contribution in [0.5, 0.6) is 0 Å². The van der Waals surface area contributed by atoms with Crippen LogP contribution in [0.2, 0.25) is 0 Å². The minimum absolute atomic E-state index is 0.0520. The van der Waals surface area contributed by atoms with Gasteiger partial charge in [-0.3, -0.25) is 4.79 Å². The van der Waals surface area contributed by atoms with E-state index in [2.05, 4.69) is 15.4 Å². The van der Waals surface area contributed by atoms with Crippen molar-refractivity contribution in [3.8, 4) is 0 Å². The van der Waals surface area contributed by atoms with Crippen molar-refractivity contribution in [3.05, 3.63) is 24.2 Å². The van der Waals surface area contributed by atoms with Crippen LogP contribution in [0.25, 0.3) is 5.52 Å². The summed E-state index contributed by atoms with van der Waals surface area (Å²) in [7, 11) is 1.64. The van der Waals surface area contributed by atoms with Gasteiger partial charge >= 0.3 is 6.18 Å². The summed E-state index contributed by atoms with van der Waals surface area (Å²) in [5, 5.41) is 6.18. The Balaban J connectivity index is 2.24. The number of anilines is 1. The van der Waals surface area contributed by atoms with Gasteiger partial charge in [-0.1, -0.05) is 0 Å². The van der Waals surface area contributed by atoms with E-state index in [0.717, 1.165) is 10.6 Å². The number of fused-ring (bicyclic) bond motifs is 1. The summed E-state index contributed by atoms with van der Waals surface area (Å²) in [6, 6.07) is 0.892. The number of aromatic nitrogens is 3. The first-order valence-corrected chi connectivity index (χ1v) is 6.22. The summed E-state index contributed by atoms with van der Waals surface area (Å²) in [4.78, 5) is 17.1. The Bertz CT molecular complexity index is 652. The van der Waals surface area contributed by atoms with Gasteiger partial charge in [0, 0.05) is 32.1 Å². The van der Waals surface area contributed by atoms with Gasteiger partial charge in [-0.25, -0.2) is 9.50 Å². The molecule has 1 N–H and O–H groups in total. The third-order valence-corrected chi connectivity index (χ3v) is 2.99. The average molecular weight is 301 g/mol. The number of halogens is 3. The van der Waals surface area contributed by atoms with Crippen LogP contribution in [0, 0.1) is 0 Å². The Hall–Kier alpha value is -2.32. The molecule has 114 valence electrons. The van der Waals surface area contributed by atoms with Crippen LogP contribution in [0.4, 0.5) is 19.0 Å². The number of likely N-dealkylation sites (N-methyl/N-ethyl adjacent to an activating group) is 1. The first-order valence-electron chi connectivity index (χ1n) is 6.22. The van der Waals surface area contributed by atoms with Crippen molar-refractivity contribution in [2.45, 2.75) is 13.1 Å². The predicted octanol–water partition coefficient (Wildman–Crippen LogP) is 1.64. The Kier molecular flexibility index (Phi) is 4.01. The Morgan fingerprint density at radius 2 is 2.19 bits per heavy atom. The van der Waals surface area contributed by atoms with E-state index in [9.17, 15) is 18.0 Å². The van der Waals surface area contributed by atoms with Crippen LogP contribution in [0.15, 0.2) is 18.5 Å². The molecule has 2 aromatic rings. The van der Waals surface area contributed by atoms with Gasteiger partial charge in [0.05, 0.1) is 6.54 Å². The fourth-order valence-electron chi connectivity index (χ4n) is 1.67. The largest absolute Gasteiger partial charge is 0.435 e. The molecule has 2 aromatic heterocycles. The molecule has 0 atom stereocenters. The molecule has 0 aromatic carbocycles. The Morgan fingerprint density at radius 3 is 2.81 bits per heavy atom. The van der Waals surface area contributed by atoms with Crippen LogP contribution >= 0.6 is 0 Å². The fourth-order valence-corrected chi connectivity index (χ4v) is 1.67.